The van der Waals surface area contributed by atoms with Gasteiger partial charge < -0.3 is 10.0 Å². The maximum Gasteiger partial charge on any atom is 0.235 e. The molecule has 0 spiro atoms. The molecule has 1 aromatic rings. The fourth-order valence-corrected chi connectivity index (χ4v) is 2.04. The first-order chi connectivity index (χ1) is 7.49. The molecule has 0 aliphatic carbocycles. The van der Waals surface area contributed by atoms with Crippen LogP contribution in [-0.2, 0) is 9.59 Å². The third-order valence-electron chi connectivity index (χ3n) is 2.28. The minimum Gasteiger partial charge on any atom is -0.504 e. The highest BCUT2D eigenvalue weighted by molar-refractivity contribution is 6.36. The number of benzene rings is 1. The van der Waals surface area contributed by atoms with Crippen LogP contribution in [0.15, 0.2) is 12.1 Å². The number of rotatable bonds is 1. The molecule has 0 unspecified atom stereocenters. The van der Waals surface area contributed by atoms with Crippen molar-refractivity contribution in [3.63, 3.8) is 0 Å². The third kappa shape index (κ3) is 1.86. The van der Waals surface area contributed by atoms with Crippen LogP contribution in [0, 0.1) is 0 Å². The molecule has 0 bridgehead atoms. The summed E-state index contributed by atoms with van der Waals surface area (Å²) in [6, 6.07) is 2.77. The van der Waals surface area contributed by atoms with E-state index in [9.17, 15) is 14.7 Å². The number of hydrogen-bond donors (Lipinski definition) is 1. The number of hydrogen-bond acceptors (Lipinski definition) is 3. The van der Waals surface area contributed by atoms with E-state index in [4.69, 9.17) is 23.2 Å². The average Bonchev–Trinajstić information content (AvgIpc) is 2.51. The van der Waals surface area contributed by atoms with Crippen LogP contribution in [0.5, 0.6) is 5.75 Å². The van der Waals surface area contributed by atoms with Gasteiger partial charge in [0.25, 0.3) is 0 Å². The number of amides is 1. The summed E-state index contributed by atoms with van der Waals surface area (Å²) in [4.78, 5) is 23.8. The zero-order valence-electron chi connectivity index (χ0n) is 8.04. The highest BCUT2D eigenvalue weighted by Gasteiger charge is 2.30. The second-order valence-corrected chi connectivity index (χ2v) is 4.29. The number of carbonyl (C=O) groups excluding carboxylic acids is 2. The fourth-order valence-electron chi connectivity index (χ4n) is 1.56. The van der Waals surface area contributed by atoms with E-state index in [1.807, 2.05) is 0 Å². The van der Waals surface area contributed by atoms with Crippen molar-refractivity contribution in [2.45, 2.75) is 6.42 Å². The van der Waals surface area contributed by atoms with Crippen molar-refractivity contribution in [2.24, 2.45) is 0 Å². The molecule has 1 aliphatic heterocycles. The predicted molar refractivity (Wildman–Crippen MR) is 60.1 cm³/mol. The van der Waals surface area contributed by atoms with E-state index in [1.54, 1.807) is 0 Å². The van der Waals surface area contributed by atoms with Crippen LogP contribution in [0.3, 0.4) is 0 Å². The Balaban J connectivity index is 2.48. The second kappa shape index (κ2) is 3.96. The van der Waals surface area contributed by atoms with Gasteiger partial charge in [0.15, 0.2) is 11.5 Å². The van der Waals surface area contributed by atoms with Gasteiger partial charge in [-0.05, 0) is 12.1 Å². The van der Waals surface area contributed by atoms with Gasteiger partial charge in [-0.25, -0.2) is 0 Å². The van der Waals surface area contributed by atoms with E-state index in [2.05, 4.69) is 0 Å². The zero-order valence-corrected chi connectivity index (χ0v) is 9.55. The Labute approximate surface area is 101 Å². The highest BCUT2D eigenvalue weighted by Crippen LogP contribution is 2.38. The average molecular weight is 260 g/mol. The number of phenols is 1. The van der Waals surface area contributed by atoms with Crippen LogP contribution >= 0.6 is 23.2 Å². The molecule has 1 aliphatic rings. The number of halogens is 2. The van der Waals surface area contributed by atoms with Crippen LogP contribution in [0.4, 0.5) is 5.69 Å². The van der Waals surface area contributed by atoms with Gasteiger partial charge in [0.05, 0.1) is 23.7 Å². The van der Waals surface area contributed by atoms with Crippen LogP contribution < -0.4 is 4.90 Å². The molecular formula is C10H7Cl2NO3. The van der Waals surface area contributed by atoms with Gasteiger partial charge in [-0.3, -0.25) is 9.59 Å². The Hall–Kier alpha value is -1.26. The summed E-state index contributed by atoms with van der Waals surface area (Å²) in [5, 5.41) is 10.0. The number of carbonyl (C=O) groups is 2. The maximum absolute atomic E-state index is 11.5. The molecule has 0 saturated carbocycles. The zero-order chi connectivity index (χ0) is 11.9. The minimum atomic E-state index is -0.362. The largest absolute Gasteiger partial charge is 0.504 e. The van der Waals surface area contributed by atoms with Crippen molar-refractivity contribution in [1.29, 1.82) is 0 Å². The number of anilines is 1. The summed E-state index contributed by atoms with van der Waals surface area (Å²) in [6.07, 6.45) is -0.149. The smallest absolute Gasteiger partial charge is 0.235 e. The summed E-state index contributed by atoms with van der Waals surface area (Å²) < 4.78 is 0. The van der Waals surface area contributed by atoms with E-state index >= 15 is 0 Å². The predicted octanol–water partition coefficient (Wildman–Crippen LogP) is 2.00. The van der Waals surface area contributed by atoms with Crippen LogP contribution in [0.2, 0.25) is 10.0 Å². The summed E-state index contributed by atoms with van der Waals surface area (Å²) in [7, 11) is 0. The van der Waals surface area contributed by atoms with Gasteiger partial charge in [-0.15, -0.1) is 0 Å². The standard InChI is InChI=1S/C10H7Cl2NO3/c11-5-1-7(12)10(16)8(2-5)13-4-6(14)3-9(13)15/h1-2,16H,3-4H2. The number of aromatic hydroxyl groups is 1. The van der Waals surface area contributed by atoms with E-state index in [-0.39, 0.29) is 41.1 Å². The molecule has 1 heterocycles. The highest BCUT2D eigenvalue weighted by atomic mass is 35.5. The van der Waals surface area contributed by atoms with Crippen molar-refractivity contribution in [3.8, 4) is 5.75 Å². The van der Waals surface area contributed by atoms with Gasteiger partial charge in [-0.2, -0.15) is 0 Å². The number of ketones is 1. The Morgan fingerprint density at radius 2 is 1.94 bits per heavy atom. The number of phenolic OH excluding ortho intramolecular Hbond substituents is 1. The lowest BCUT2D eigenvalue weighted by Gasteiger charge is -2.17. The van der Waals surface area contributed by atoms with Crippen molar-refractivity contribution < 1.29 is 14.7 Å². The molecule has 6 heteroatoms. The SMILES string of the molecule is O=C1CC(=O)N(c2cc(Cl)cc(Cl)c2O)C1. The van der Waals surface area contributed by atoms with E-state index in [0.29, 0.717) is 5.02 Å². The summed E-state index contributed by atoms with van der Waals surface area (Å²) in [5.74, 6) is -0.798. The molecule has 84 valence electrons. The van der Waals surface area contributed by atoms with Gasteiger partial charge in [0, 0.05) is 5.02 Å². The molecule has 1 fully saturated rings. The Morgan fingerprint density at radius 3 is 2.50 bits per heavy atom. The van der Waals surface area contributed by atoms with Crippen LogP contribution in [-0.4, -0.2) is 23.3 Å². The van der Waals surface area contributed by atoms with Crippen molar-refractivity contribution in [3.05, 3.63) is 22.2 Å². The van der Waals surface area contributed by atoms with Crippen molar-refractivity contribution >= 4 is 40.6 Å². The first-order valence-corrected chi connectivity index (χ1v) is 5.24. The molecule has 1 N–H and O–H groups in total. The van der Waals surface area contributed by atoms with E-state index in [0.717, 1.165) is 0 Å². The van der Waals surface area contributed by atoms with Crippen molar-refractivity contribution in [1.82, 2.24) is 0 Å². The maximum atomic E-state index is 11.5. The Kier molecular flexibility index (Phi) is 2.78. The normalized spacial score (nSPS) is 16.0. The molecule has 16 heavy (non-hydrogen) atoms. The van der Waals surface area contributed by atoms with Gasteiger partial charge in [-0.1, -0.05) is 23.2 Å². The Bertz CT molecular complexity index is 487. The molecule has 0 radical (unpaired) electrons. The lowest BCUT2D eigenvalue weighted by Crippen LogP contribution is -2.24. The molecule has 2 rings (SSSR count). The Morgan fingerprint density at radius 1 is 1.25 bits per heavy atom. The van der Waals surface area contributed by atoms with Gasteiger partial charge >= 0.3 is 0 Å². The molecule has 1 aromatic carbocycles. The number of nitrogens with zero attached hydrogens (tertiary/aromatic N) is 1. The summed E-state index contributed by atoms with van der Waals surface area (Å²) >= 11 is 11.5. The summed E-state index contributed by atoms with van der Waals surface area (Å²) in [6.45, 7) is -0.0525. The molecule has 1 amide bonds. The van der Waals surface area contributed by atoms with Crippen LogP contribution in [0.25, 0.3) is 0 Å². The van der Waals surface area contributed by atoms with Crippen LogP contribution in [0.1, 0.15) is 6.42 Å². The molecule has 4 nitrogen and oxygen atoms in total. The molecule has 1 saturated heterocycles. The number of Topliss-reactive ketones (excluding diaryl/α,β-unsaturated/α-hetero) is 1. The quantitative estimate of drug-likeness (QED) is 0.785. The monoisotopic (exact) mass is 259 g/mol. The lowest BCUT2D eigenvalue weighted by atomic mass is 10.2. The van der Waals surface area contributed by atoms with E-state index < -0.39 is 0 Å². The first-order valence-electron chi connectivity index (χ1n) is 4.49. The molecule has 0 aromatic heterocycles. The van der Waals surface area contributed by atoms with Gasteiger partial charge in [0.2, 0.25) is 5.91 Å². The summed E-state index contributed by atoms with van der Waals surface area (Å²) in [5.41, 5.74) is 0.174. The topological polar surface area (TPSA) is 57.6 Å². The van der Waals surface area contributed by atoms with Gasteiger partial charge in [0.1, 0.15) is 0 Å². The van der Waals surface area contributed by atoms with E-state index in [1.165, 1.54) is 17.0 Å². The second-order valence-electron chi connectivity index (χ2n) is 3.45. The minimum absolute atomic E-state index is 0.0506. The lowest BCUT2D eigenvalue weighted by molar-refractivity contribution is -0.121. The van der Waals surface area contributed by atoms with Crippen molar-refractivity contribution in [2.75, 3.05) is 11.4 Å². The molecule has 0 atom stereocenters. The first kappa shape index (κ1) is 11.2. The third-order valence-corrected chi connectivity index (χ3v) is 2.79. The molecular weight excluding hydrogens is 253 g/mol. The fraction of sp³-hybridized carbons (Fsp3) is 0.200.